The Morgan fingerprint density at radius 3 is 2.71 bits per heavy atom. The topological polar surface area (TPSA) is 99.0 Å². The Labute approximate surface area is 161 Å². The summed E-state index contributed by atoms with van der Waals surface area (Å²) in [7, 11) is 1.40. The average Bonchev–Trinajstić information content (AvgIpc) is 3.58. The van der Waals surface area contributed by atoms with Crippen LogP contribution in [0.4, 0.5) is 0 Å². The molecule has 2 aromatic heterocycles. The fourth-order valence-corrected chi connectivity index (χ4v) is 2.88. The van der Waals surface area contributed by atoms with E-state index < -0.39 is 5.91 Å². The van der Waals surface area contributed by atoms with Crippen molar-refractivity contribution in [1.29, 1.82) is 0 Å². The Morgan fingerprint density at radius 2 is 2.00 bits per heavy atom. The molecule has 2 heterocycles. The van der Waals surface area contributed by atoms with Crippen molar-refractivity contribution in [2.24, 2.45) is 0 Å². The van der Waals surface area contributed by atoms with Gasteiger partial charge in [-0.1, -0.05) is 18.2 Å². The van der Waals surface area contributed by atoms with Gasteiger partial charge in [0.05, 0.1) is 31.1 Å². The normalized spacial score (nSPS) is 13.2. The standard InChI is InChI=1S/C20H19N5O3/c1-28-17-10-18(26)25(15-5-3-2-4-6-15)24-19(17)20(27)21-11-14-9-16(13-7-8-13)23-12-22-14/h2-6,9-10,12-13H,7-8,11H2,1H3,(H,21,27). The molecule has 1 N–H and O–H groups in total. The van der Waals surface area contributed by atoms with Crippen molar-refractivity contribution in [2.45, 2.75) is 25.3 Å². The summed E-state index contributed by atoms with van der Waals surface area (Å²) in [6.07, 6.45) is 3.81. The zero-order chi connectivity index (χ0) is 19.5. The van der Waals surface area contributed by atoms with Crippen molar-refractivity contribution in [2.75, 3.05) is 7.11 Å². The number of carbonyl (C=O) groups excluding carboxylic acids is 1. The number of carbonyl (C=O) groups is 1. The largest absolute Gasteiger partial charge is 0.494 e. The first-order valence-electron chi connectivity index (χ1n) is 8.98. The minimum atomic E-state index is -0.451. The summed E-state index contributed by atoms with van der Waals surface area (Å²) >= 11 is 0. The molecule has 0 atom stereocenters. The highest BCUT2D eigenvalue weighted by Gasteiger charge is 2.25. The first-order valence-corrected chi connectivity index (χ1v) is 8.98. The Hall–Kier alpha value is -3.55. The lowest BCUT2D eigenvalue weighted by Crippen LogP contribution is -2.30. The van der Waals surface area contributed by atoms with Crippen molar-refractivity contribution in [3.8, 4) is 11.4 Å². The first kappa shape index (κ1) is 17.8. The van der Waals surface area contributed by atoms with Crippen LogP contribution in [0.2, 0.25) is 0 Å². The van der Waals surface area contributed by atoms with Crippen LogP contribution in [-0.2, 0) is 6.54 Å². The van der Waals surface area contributed by atoms with Gasteiger partial charge in [-0.25, -0.2) is 9.97 Å². The van der Waals surface area contributed by atoms with Crippen molar-refractivity contribution in [1.82, 2.24) is 25.1 Å². The number of hydrogen-bond donors (Lipinski definition) is 1. The van der Waals surface area contributed by atoms with E-state index in [2.05, 4.69) is 20.4 Å². The summed E-state index contributed by atoms with van der Waals surface area (Å²) in [6.45, 7) is 0.233. The second-order valence-electron chi connectivity index (χ2n) is 6.54. The smallest absolute Gasteiger partial charge is 0.275 e. The Balaban J connectivity index is 1.57. The number of methoxy groups -OCH3 is 1. The number of benzene rings is 1. The molecular formula is C20H19N5O3. The molecule has 1 aliphatic rings. The number of ether oxygens (including phenoxy) is 1. The monoisotopic (exact) mass is 377 g/mol. The minimum absolute atomic E-state index is 0.0300. The van der Waals surface area contributed by atoms with E-state index in [1.807, 2.05) is 12.1 Å². The molecule has 0 radical (unpaired) electrons. The summed E-state index contributed by atoms with van der Waals surface area (Å²) in [5.41, 5.74) is 1.94. The summed E-state index contributed by atoms with van der Waals surface area (Å²) in [6, 6.07) is 12.1. The Morgan fingerprint density at radius 1 is 1.21 bits per heavy atom. The molecule has 1 aromatic carbocycles. The van der Waals surface area contributed by atoms with Crippen LogP contribution in [0.5, 0.6) is 5.75 Å². The van der Waals surface area contributed by atoms with Crippen LogP contribution in [0.3, 0.4) is 0 Å². The molecule has 1 fully saturated rings. The Kier molecular flexibility index (Phi) is 4.84. The van der Waals surface area contributed by atoms with Crippen LogP contribution in [0.25, 0.3) is 5.69 Å². The third-order valence-corrected chi connectivity index (χ3v) is 4.50. The van der Waals surface area contributed by atoms with E-state index in [1.165, 1.54) is 24.2 Å². The average molecular weight is 377 g/mol. The van der Waals surface area contributed by atoms with Gasteiger partial charge >= 0.3 is 0 Å². The molecule has 1 amide bonds. The lowest BCUT2D eigenvalue weighted by molar-refractivity contribution is 0.0940. The van der Waals surface area contributed by atoms with Gasteiger partial charge in [0.25, 0.3) is 11.5 Å². The van der Waals surface area contributed by atoms with Crippen LogP contribution in [0.1, 0.15) is 40.6 Å². The maximum atomic E-state index is 12.7. The number of para-hydroxylation sites is 1. The van der Waals surface area contributed by atoms with E-state index >= 15 is 0 Å². The summed E-state index contributed by atoms with van der Waals surface area (Å²) in [5.74, 6) is 0.179. The molecule has 0 spiro atoms. The van der Waals surface area contributed by atoms with Gasteiger partial charge in [-0.2, -0.15) is 9.78 Å². The lowest BCUT2D eigenvalue weighted by atomic mass is 10.2. The van der Waals surface area contributed by atoms with E-state index in [9.17, 15) is 9.59 Å². The maximum absolute atomic E-state index is 12.7. The fraction of sp³-hybridized carbons (Fsp3) is 0.250. The molecular weight excluding hydrogens is 358 g/mol. The summed E-state index contributed by atoms with van der Waals surface area (Å²) in [4.78, 5) is 33.5. The molecule has 1 saturated carbocycles. The first-order chi connectivity index (χ1) is 13.7. The second kappa shape index (κ2) is 7.59. The van der Waals surface area contributed by atoms with Gasteiger partial charge in [0.15, 0.2) is 11.4 Å². The van der Waals surface area contributed by atoms with Crippen LogP contribution < -0.4 is 15.6 Å². The summed E-state index contributed by atoms with van der Waals surface area (Å²) < 4.78 is 6.36. The predicted octanol–water partition coefficient (Wildman–Crippen LogP) is 1.84. The number of amides is 1. The molecule has 28 heavy (non-hydrogen) atoms. The van der Waals surface area contributed by atoms with Gasteiger partial charge in [0, 0.05) is 11.6 Å². The van der Waals surface area contributed by atoms with Crippen molar-refractivity contribution in [3.63, 3.8) is 0 Å². The van der Waals surface area contributed by atoms with Gasteiger partial charge < -0.3 is 10.1 Å². The molecule has 1 aliphatic carbocycles. The zero-order valence-corrected chi connectivity index (χ0v) is 15.3. The van der Waals surface area contributed by atoms with E-state index in [1.54, 1.807) is 24.3 Å². The second-order valence-corrected chi connectivity index (χ2v) is 6.54. The number of aromatic nitrogens is 4. The fourth-order valence-electron chi connectivity index (χ4n) is 2.88. The van der Waals surface area contributed by atoms with Crippen molar-refractivity contribution in [3.05, 3.63) is 76.2 Å². The van der Waals surface area contributed by atoms with E-state index in [-0.39, 0.29) is 23.5 Å². The van der Waals surface area contributed by atoms with Crippen LogP contribution in [0.15, 0.2) is 53.6 Å². The zero-order valence-electron chi connectivity index (χ0n) is 15.3. The van der Waals surface area contributed by atoms with Crippen molar-refractivity contribution < 1.29 is 9.53 Å². The highest BCUT2D eigenvalue weighted by atomic mass is 16.5. The third kappa shape index (κ3) is 3.75. The number of hydrogen-bond acceptors (Lipinski definition) is 6. The van der Waals surface area contributed by atoms with Gasteiger partial charge in [0.2, 0.25) is 0 Å². The molecule has 4 rings (SSSR count). The molecule has 8 heteroatoms. The number of rotatable bonds is 6. The van der Waals surface area contributed by atoms with Gasteiger partial charge in [-0.05, 0) is 31.0 Å². The molecule has 0 bridgehead atoms. The highest BCUT2D eigenvalue weighted by molar-refractivity contribution is 5.94. The Bertz CT molecular complexity index is 1060. The minimum Gasteiger partial charge on any atom is -0.494 e. The van der Waals surface area contributed by atoms with E-state index in [0.29, 0.717) is 11.6 Å². The van der Waals surface area contributed by atoms with E-state index in [4.69, 9.17) is 4.74 Å². The number of nitrogens with one attached hydrogen (secondary N) is 1. The van der Waals surface area contributed by atoms with Crippen molar-refractivity contribution >= 4 is 5.91 Å². The molecule has 0 aliphatic heterocycles. The maximum Gasteiger partial charge on any atom is 0.275 e. The van der Waals surface area contributed by atoms with Gasteiger partial charge in [-0.15, -0.1) is 0 Å². The molecule has 0 saturated heterocycles. The van der Waals surface area contributed by atoms with Crippen LogP contribution >= 0.6 is 0 Å². The van der Waals surface area contributed by atoms with E-state index in [0.717, 1.165) is 24.2 Å². The highest BCUT2D eigenvalue weighted by Crippen LogP contribution is 2.38. The van der Waals surface area contributed by atoms with Crippen LogP contribution in [0, 0.1) is 0 Å². The third-order valence-electron chi connectivity index (χ3n) is 4.50. The molecule has 0 unspecified atom stereocenters. The summed E-state index contributed by atoms with van der Waals surface area (Å²) in [5, 5.41) is 7.00. The molecule has 142 valence electrons. The molecule has 8 nitrogen and oxygen atoms in total. The number of nitrogens with zero attached hydrogens (tertiary/aromatic N) is 4. The van der Waals surface area contributed by atoms with Gasteiger partial charge in [0.1, 0.15) is 6.33 Å². The predicted molar refractivity (Wildman–Crippen MR) is 102 cm³/mol. The van der Waals surface area contributed by atoms with Gasteiger partial charge in [-0.3, -0.25) is 9.59 Å². The molecule has 3 aromatic rings. The van der Waals surface area contributed by atoms with Crippen LogP contribution in [-0.4, -0.2) is 32.8 Å². The SMILES string of the molecule is COc1cc(=O)n(-c2ccccc2)nc1C(=O)NCc1cc(C2CC2)ncn1. The quantitative estimate of drug-likeness (QED) is 0.704. The lowest BCUT2D eigenvalue weighted by Gasteiger charge is -2.11.